The van der Waals surface area contributed by atoms with Gasteiger partial charge in [0.15, 0.2) is 0 Å². The first-order chi connectivity index (χ1) is 9.59. The van der Waals surface area contributed by atoms with E-state index in [1.807, 2.05) is 0 Å². The Kier molecular flexibility index (Phi) is 3.83. The highest BCUT2D eigenvalue weighted by Crippen LogP contribution is 2.34. The second-order valence-corrected chi connectivity index (χ2v) is 5.15. The Bertz CT molecular complexity index is 651. The van der Waals surface area contributed by atoms with E-state index in [4.69, 9.17) is 0 Å². The van der Waals surface area contributed by atoms with Crippen molar-refractivity contribution in [2.24, 2.45) is 0 Å². The highest BCUT2D eigenvalue weighted by molar-refractivity contribution is 7.17. The van der Waals surface area contributed by atoms with E-state index in [2.05, 4.69) is 0 Å². The van der Waals surface area contributed by atoms with Gasteiger partial charge in [0.2, 0.25) is 0 Å². The van der Waals surface area contributed by atoms with Crippen LogP contribution in [-0.2, 0) is 6.18 Å². The second kappa shape index (κ2) is 5.18. The zero-order valence-electron chi connectivity index (χ0n) is 10.0. The fourth-order valence-electron chi connectivity index (χ4n) is 1.58. The number of halogens is 6. The molecule has 0 spiro atoms. The van der Waals surface area contributed by atoms with Gasteiger partial charge in [0, 0.05) is 4.88 Å². The number of hydrogen-bond acceptors (Lipinski definition) is 2. The van der Waals surface area contributed by atoms with Gasteiger partial charge in [-0.3, -0.25) is 4.79 Å². The van der Waals surface area contributed by atoms with Gasteiger partial charge in [-0.05, 0) is 29.8 Å². The molecule has 0 unspecified atom stereocenters. The van der Waals surface area contributed by atoms with Gasteiger partial charge in [-0.1, -0.05) is 12.1 Å². The molecule has 2 rings (SSSR count). The third-order valence-electron chi connectivity index (χ3n) is 2.58. The minimum atomic E-state index is -4.97. The molecule has 1 aromatic heterocycles. The van der Waals surface area contributed by atoms with E-state index < -0.39 is 28.6 Å². The molecule has 0 radical (unpaired) electrons. The lowest BCUT2D eigenvalue weighted by molar-refractivity contribution is -0.137. The lowest BCUT2D eigenvalue weighted by atomic mass is 10.1. The van der Waals surface area contributed by atoms with Gasteiger partial charge < -0.3 is 0 Å². The topological polar surface area (TPSA) is 17.1 Å². The normalized spacial score (nSPS) is 12.5. The van der Waals surface area contributed by atoms with E-state index >= 15 is 0 Å². The maximum absolute atomic E-state index is 12.4. The molecule has 0 amide bonds. The molecule has 0 N–H and O–H groups in total. The summed E-state index contributed by atoms with van der Waals surface area (Å²) in [7, 11) is 0. The molecular weight excluding hydrogens is 318 g/mol. The van der Waals surface area contributed by atoms with Gasteiger partial charge in [0.25, 0.3) is 5.78 Å². The number of carbonyl (C=O) groups excluding carboxylic acids is 1. The highest BCUT2D eigenvalue weighted by Gasteiger charge is 2.40. The molecule has 8 heteroatoms. The number of Topliss-reactive ketones (excluding diaryl/α,β-unsaturated/α-hetero) is 1. The molecule has 0 aliphatic heterocycles. The largest absolute Gasteiger partial charge is 0.455 e. The smallest absolute Gasteiger partial charge is 0.283 e. The van der Waals surface area contributed by atoms with E-state index in [0.29, 0.717) is 16.9 Å². The summed E-state index contributed by atoms with van der Waals surface area (Å²) in [5.41, 5.74) is -0.538. The van der Waals surface area contributed by atoms with Crippen LogP contribution in [0.1, 0.15) is 15.2 Å². The number of carbonyl (C=O) groups is 1. The Labute approximate surface area is 118 Å². The quantitative estimate of drug-likeness (QED) is 0.549. The van der Waals surface area contributed by atoms with E-state index in [9.17, 15) is 31.1 Å². The fraction of sp³-hybridized carbons (Fsp3) is 0.154. The first-order valence-electron chi connectivity index (χ1n) is 5.48. The SMILES string of the molecule is O=C(c1ccc(-c2ccc(C(F)(F)F)cc2)s1)C(F)(F)F. The lowest BCUT2D eigenvalue weighted by Crippen LogP contribution is -2.21. The number of rotatable bonds is 2. The first kappa shape index (κ1) is 15.6. The number of alkyl halides is 6. The summed E-state index contributed by atoms with van der Waals surface area (Å²) in [5, 5.41) is 0. The summed E-state index contributed by atoms with van der Waals surface area (Å²) >= 11 is 0.584. The van der Waals surface area contributed by atoms with Crippen molar-refractivity contribution >= 4 is 17.1 Å². The molecule has 1 aromatic carbocycles. The highest BCUT2D eigenvalue weighted by atomic mass is 32.1. The van der Waals surface area contributed by atoms with Crippen LogP contribution >= 0.6 is 11.3 Å². The van der Waals surface area contributed by atoms with Crippen molar-refractivity contribution < 1.29 is 31.1 Å². The van der Waals surface area contributed by atoms with Crippen molar-refractivity contribution in [1.29, 1.82) is 0 Å². The molecule has 0 aliphatic rings. The van der Waals surface area contributed by atoms with Crippen LogP contribution < -0.4 is 0 Å². The molecule has 0 saturated heterocycles. The van der Waals surface area contributed by atoms with Crippen LogP contribution in [0, 0.1) is 0 Å². The predicted molar refractivity (Wildman–Crippen MR) is 65.1 cm³/mol. The molecule has 1 heterocycles. The van der Waals surface area contributed by atoms with E-state index in [-0.39, 0.29) is 4.88 Å². The Morgan fingerprint density at radius 1 is 0.857 bits per heavy atom. The van der Waals surface area contributed by atoms with Crippen LogP contribution in [0.5, 0.6) is 0 Å². The molecule has 2 aromatic rings. The average Bonchev–Trinajstić information content (AvgIpc) is 2.85. The van der Waals surface area contributed by atoms with Gasteiger partial charge in [0.1, 0.15) is 0 Å². The van der Waals surface area contributed by atoms with Crippen LogP contribution in [0.25, 0.3) is 10.4 Å². The summed E-state index contributed by atoms with van der Waals surface area (Å²) < 4.78 is 74.0. The maximum atomic E-state index is 12.4. The molecule has 1 nitrogen and oxygen atoms in total. The first-order valence-corrected chi connectivity index (χ1v) is 6.29. The molecule has 21 heavy (non-hydrogen) atoms. The van der Waals surface area contributed by atoms with Crippen molar-refractivity contribution in [2.75, 3.05) is 0 Å². The number of benzene rings is 1. The number of thiophene rings is 1. The molecule has 0 bridgehead atoms. The maximum Gasteiger partial charge on any atom is 0.455 e. The molecule has 0 atom stereocenters. The number of hydrogen-bond donors (Lipinski definition) is 0. The van der Waals surface area contributed by atoms with Crippen molar-refractivity contribution in [3.05, 3.63) is 46.8 Å². The summed E-state index contributed by atoms with van der Waals surface area (Å²) in [4.78, 5) is 10.8. The van der Waals surface area contributed by atoms with Gasteiger partial charge in [0.05, 0.1) is 10.4 Å². The zero-order chi connectivity index (χ0) is 15.8. The summed E-state index contributed by atoms with van der Waals surface area (Å²) in [5.74, 6) is -1.97. The summed E-state index contributed by atoms with van der Waals surface area (Å²) in [6.45, 7) is 0. The minimum Gasteiger partial charge on any atom is -0.283 e. The molecule has 0 aliphatic carbocycles. The average molecular weight is 324 g/mol. The standard InChI is InChI=1S/C13H6F6OS/c14-12(15,16)8-3-1-7(2-4-8)9-5-6-10(21-9)11(20)13(17,18)19/h1-6H. The van der Waals surface area contributed by atoms with Crippen LogP contribution in [0.3, 0.4) is 0 Å². The fourth-order valence-corrected chi connectivity index (χ4v) is 2.55. The van der Waals surface area contributed by atoms with Crippen molar-refractivity contribution in [1.82, 2.24) is 0 Å². The van der Waals surface area contributed by atoms with Crippen LogP contribution in [0.2, 0.25) is 0 Å². The lowest BCUT2D eigenvalue weighted by Gasteiger charge is -2.06. The van der Waals surface area contributed by atoms with Crippen molar-refractivity contribution in [2.45, 2.75) is 12.4 Å². The molecule has 112 valence electrons. The summed E-state index contributed by atoms with van der Waals surface area (Å²) in [6.07, 6.45) is -9.45. The Morgan fingerprint density at radius 2 is 1.43 bits per heavy atom. The van der Waals surface area contributed by atoms with Crippen LogP contribution in [0.4, 0.5) is 26.3 Å². The Balaban J connectivity index is 2.28. The van der Waals surface area contributed by atoms with E-state index in [0.717, 1.165) is 30.3 Å². The number of ketones is 1. The molecule has 0 fully saturated rings. The summed E-state index contributed by atoms with van der Waals surface area (Å²) in [6, 6.07) is 6.24. The van der Waals surface area contributed by atoms with Crippen molar-refractivity contribution in [3.8, 4) is 10.4 Å². The predicted octanol–water partition coefficient (Wildman–Crippen LogP) is 5.18. The third kappa shape index (κ3) is 3.44. The Hall–Kier alpha value is -1.83. The third-order valence-corrected chi connectivity index (χ3v) is 3.72. The molecule has 0 saturated carbocycles. The monoisotopic (exact) mass is 324 g/mol. The van der Waals surface area contributed by atoms with Gasteiger partial charge in [-0.2, -0.15) is 26.3 Å². The zero-order valence-corrected chi connectivity index (χ0v) is 10.9. The van der Waals surface area contributed by atoms with Gasteiger partial charge in [-0.25, -0.2) is 0 Å². The van der Waals surface area contributed by atoms with Gasteiger partial charge >= 0.3 is 12.4 Å². The van der Waals surface area contributed by atoms with Crippen LogP contribution in [-0.4, -0.2) is 12.0 Å². The molecular formula is C13H6F6OS. The van der Waals surface area contributed by atoms with E-state index in [1.165, 1.54) is 6.07 Å². The Morgan fingerprint density at radius 3 is 1.90 bits per heavy atom. The minimum absolute atomic E-state index is 0.288. The van der Waals surface area contributed by atoms with Gasteiger partial charge in [-0.15, -0.1) is 11.3 Å². The van der Waals surface area contributed by atoms with E-state index in [1.54, 1.807) is 0 Å². The van der Waals surface area contributed by atoms with Crippen molar-refractivity contribution in [3.63, 3.8) is 0 Å². The van der Waals surface area contributed by atoms with Crippen LogP contribution in [0.15, 0.2) is 36.4 Å². The second-order valence-electron chi connectivity index (χ2n) is 4.07.